The first-order valence-electron chi connectivity index (χ1n) is 7.50. The van der Waals surface area contributed by atoms with E-state index in [0.717, 1.165) is 17.0 Å². The van der Waals surface area contributed by atoms with E-state index < -0.39 is 5.92 Å². The van der Waals surface area contributed by atoms with E-state index in [1.807, 2.05) is 13.8 Å². The molecule has 25 heavy (non-hydrogen) atoms. The molecule has 124 valence electrons. The second-order valence-corrected chi connectivity index (χ2v) is 6.50. The first-order valence-corrected chi connectivity index (χ1v) is 8.25. The first-order chi connectivity index (χ1) is 12.0. The van der Waals surface area contributed by atoms with Gasteiger partial charge >= 0.3 is 0 Å². The van der Waals surface area contributed by atoms with Gasteiger partial charge in [0.2, 0.25) is 0 Å². The van der Waals surface area contributed by atoms with Crippen LogP contribution in [0.3, 0.4) is 0 Å². The number of halogens is 2. The Morgan fingerprint density at radius 2 is 1.60 bits per heavy atom. The number of hydrogen-bond acceptors (Lipinski definition) is 4. The second-order valence-electron chi connectivity index (χ2n) is 5.69. The molecule has 0 aliphatic carbocycles. The SMILES string of the molecule is CC1=C(C#N)C(c2ccc(-c3ccc(Cl)c(Cl)c3)o2)C(C#N)=C(C)N1. The van der Waals surface area contributed by atoms with Gasteiger partial charge in [0.15, 0.2) is 0 Å². The van der Waals surface area contributed by atoms with E-state index in [2.05, 4.69) is 17.5 Å². The van der Waals surface area contributed by atoms with E-state index in [-0.39, 0.29) is 0 Å². The van der Waals surface area contributed by atoms with Crippen molar-refractivity contribution in [2.24, 2.45) is 0 Å². The van der Waals surface area contributed by atoms with Gasteiger partial charge in [-0.15, -0.1) is 0 Å². The summed E-state index contributed by atoms with van der Waals surface area (Å²) in [7, 11) is 0. The van der Waals surface area contributed by atoms with Gasteiger partial charge in [-0.3, -0.25) is 0 Å². The van der Waals surface area contributed by atoms with Gasteiger partial charge in [-0.2, -0.15) is 10.5 Å². The highest BCUT2D eigenvalue weighted by molar-refractivity contribution is 6.42. The van der Waals surface area contributed by atoms with Gasteiger partial charge in [-0.05, 0) is 44.2 Å². The molecule has 1 aromatic heterocycles. The van der Waals surface area contributed by atoms with Crippen molar-refractivity contribution in [1.82, 2.24) is 5.32 Å². The van der Waals surface area contributed by atoms with Crippen molar-refractivity contribution in [3.8, 4) is 23.5 Å². The quantitative estimate of drug-likeness (QED) is 0.754. The molecule has 4 nitrogen and oxygen atoms in total. The molecule has 0 bridgehead atoms. The summed E-state index contributed by atoms with van der Waals surface area (Å²) in [6.45, 7) is 3.62. The van der Waals surface area contributed by atoms with Gasteiger partial charge in [0.25, 0.3) is 0 Å². The molecule has 0 unspecified atom stereocenters. The Hall–Kier alpha value is -2.66. The summed E-state index contributed by atoms with van der Waals surface area (Å²) in [5.74, 6) is 0.610. The van der Waals surface area contributed by atoms with Crippen LogP contribution in [0.25, 0.3) is 11.3 Å². The maximum Gasteiger partial charge on any atom is 0.134 e. The van der Waals surface area contributed by atoms with Gasteiger partial charge in [-0.25, -0.2) is 0 Å². The Morgan fingerprint density at radius 1 is 0.960 bits per heavy atom. The van der Waals surface area contributed by atoms with Crippen molar-refractivity contribution in [3.05, 3.63) is 68.7 Å². The van der Waals surface area contributed by atoms with Crippen molar-refractivity contribution in [2.75, 3.05) is 0 Å². The maximum absolute atomic E-state index is 9.53. The molecule has 1 aromatic carbocycles. The monoisotopic (exact) mass is 369 g/mol. The van der Waals surface area contributed by atoms with E-state index >= 15 is 0 Å². The Balaban J connectivity index is 2.08. The molecule has 6 heteroatoms. The predicted molar refractivity (Wildman–Crippen MR) is 96.7 cm³/mol. The number of rotatable bonds is 2. The summed E-state index contributed by atoms with van der Waals surface area (Å²) in [6, 6.07) is 13.2. The lowest BCUT2D eigenvalue weighted by atomic mass is 9.85. The fraction of sp³-hybridized carbons (Fsp3) is 0.158. The highest BCUT2D eigenvalue weighted by Gasteiger charge is 2.31. The summed E-state index contributed by atoms with van der Waals surface area (Å²) in [5.41, 5.74) is 3.15. The minimum Gasteiger partial charge on any atom is -0.460 e. The topological polar surface area (TPSA) is 72.8 Å². The molecule has 0 atom stereocenters. The number of benzene rings is 1. The fourth-order valence-corrected chi connectivity index (χ4v) is 3.19. The predicted octanol–water partition coefficient (Wildman–Crippen LogP) is 5.54. The summed E-state index contributed by atoms with van der Waals surface area (Å²) >= 11 is 12.0. The third-order valence-corrected chi connectivity index (χ3v) is 4.86. The molecule has 0 fully saturated rings. The third-order valence-electron chi connectivity index (χ3n) is 4.12. The zero-order valence-electron chi connectivity index (χ0n) is 13.5. The van der Waals surface area contributed by atoms with E-state index in [0.29, 0.717) is 32.7 Å². The van der Waals surface area contributed by atoms with Gasteiger partial charge in [-0.1, -0.05) is 23.2 Å². The zero-order valence-corrected chi connectivity index (χ0v) is 15.0. The van der Waals surface area contributed by atoms with Gasteiger partial charge in [0.1, 0.15) is 11.5 Å². The Kier molecular flexibility index (Phi) is 4.59. The van der Waals surface area contributed by atoms with E-state index in [1.54, 1.807) is 30.3 Å². The lowest BCUT2D eigenvalue weighted by molar-refractivity contribution is 0.511. The molecule has 0 saturated carbocycles. The van der Waals surface area contributed by atoms with Crippen LogP contribution in [-0.4, -0.2) is 0 Å². The Morgan fingerprint density at radius 3 is 2.16 bits per heavy atom. The number of allylic oxidation sites excluding steroid dienone is 4. The molecule has 1 aliphatic rings. The van der Waals surface area contributed by atoms with Crippen LogP contribution < -0.4 is 5.32 Å². The van der Waals surface area contributed by atoms with Crippen molar-refractivity contribution < 1.29 is 4.42 Å². The van der Waals surface area contributed by atoms with E-state index in [9.17, 15) is 10.5 Å². The van der Waals surface area contributed by atoms with Crippen LogP contribution in [0.2, 0.25) is 10.0 Å². The molecular formula is C19H13Cl2N3O. The average molecular weight is 370 g/mol. The molecule has 0 amide bonds. The van der Waals surface area contributed by atoms with Crippen LogP contribution in [0.5, 0.6) is 0 Å². The number of dihydropyridines is 1. The standard InChI is InChI=1S/C19H13Cl2N3O/c1-10-13(8-22)19(14(9-23)11(2)24-10)18-6-5-17(25-18)12-3-4-15(20)16(21)7-12/h3-7,19,24H,1-2H3. The third kappa shape index (κ3) is 3.03. The van der Waals surface area contributed by atoms with Crippen LogP contribution in [0, 0.1) is 22.7 Å². The number of furan rings is 1. The smallest absolute Gasteiger partial charge is 0.134 e. The van der Waals surface area contributed by atoms with Gasteiger partial charge < -0.3 is 9.73 Å². The molecule has 2 heterocycles. The Labute approximate surface area is 155 Å². The highest BCUT2D eigenvalue weighted by atomic mass is 35.5. The van der Waals surface area contributed by atoms with Crippen molar-refractivity contribution in [3.63, 3.8) is 0 Å². The number of nitriles is 2. The zero-order chi connectivity index (χ0) is 18.1. The molecule has 2 aromatic rings. The molecular weight excluding hydrogens is 357 g/mol. The van der Waals surface area contributed by atoms with Crippen molar-refractivity contribution in [1.29, 1.82) is 10.5 Å². The summed E-state index contributed by atoms with van der Waals surface area (Å²) in [5, 5.41) is 23.0. The van der Waals surface area contributed by atoms with Crippen LogP contribution in [0.1, 0.15) is 25.5 Å². The highest BCUT2D eigenvalue weighted by Crippen LogP contribution is 2.39. The lowest BCUT2D eigenvalue weighted by Crippen LogP contribution is -2.23. The molecule has 0 radical (unpaired) electrons. The van der Waals surface area contributed by atoms with Crippen LogP contribution in [0.15, 0.2) is 57.3 Å². The average Bonchev–Trinajstić information content (AvgIpc) is 3.06. The maximum atomic E-state index is 9.53. The summed E-state index contributed by atoms with van der Waals surface area (Å²) in [6.07, 6.45) is 0. The fourth-order valence-electron chi connectivity index (χ4n) is 2.89. The van der Waals surface area contributed by atoms with E-state index in [4.69, 9.17) is 27.6 Å². The lowest BCUT2D eigenvalue weighted by Gasteiger charge is -2.24. The summed E-state index contributed by atoms with van der Waals surface area (Å²) < 4.78 is 5.96. The molecule has 1 aliphatic heterocycles. The van der Waals surface area contributed by atoms with E-state index in [1.165, 1.54) is 0 Å². The normalized spacial score (nSPS) is 15.0. The Bertz CT molecular complexity index is 966. The number of nitrogens with one attached hydrogen (secondary N) is 1. The van der Waals surface area contributed by atoms with Crippen LogP contribution in [-0.2, 0) is 0 Å². The van der Waals surface area contributed by atoms with Gasteiger partial charge in [0, 0.05) is 17.0 Å². The van der Waals surface area contributed by atoms with Gasteiger partial charge in [0.05, 0.1) is 39.2 Å². The first kappa shape index (κ1) is 17.2. The largest absolute Gasteiger partial charge is 0.460 e. The van der Waals surface area contributed by atoms with Crippen molar-refractivity contribution >= 4 is 23.2 Å². The van der Waals surface area contributed by atoms with Crippen LogP contribution in [0.4, 0.5) is 0 Å². The van der Waals surface area contributed by atoms with Crippen molar-refractivity contribution in [2.45, 2.75) is 19.8 Å². The molecule has 0 spiro atoms. The second kappa shape index (κ2) is 6.69. The number of hydrogen-bond donors (Lipinski definition) is 1. The summed E-state index contributed by atoms with van der Waals surface area (Å²) in [4.78, 5) is 0. The molecule has 1 N–H and O–H groups in total. The molecule has 0 saturated heterocycles. The molecule has 3 rings (SSSR count). The van der Waals surface area contributed by atoms with Crippen LogP contribution >= 0.6 is 23.2 Å². The number of nitrogens with zero attached hydrogens (tertiary/aromatic N) is 2. The minimum absolute atomic E-state index is 0.431. The minimum atomic E-state index is -0.521.